The predicted molar refractivity (Wildman–Crippen MR) is 70.3 cm³/mol. The number of hydrogen-bond acceptors (Lipinski definition) is 4. The van der Waals surface area contributed by atoms with Crippen molar-refractivity contribution in [3.63, 3.8) is 0 Å². The summed E-state index contributed by atoms with van der Waals surface area (Å²) in [6.45, 7) is -0.866. The normalized spacial score (nSPS) is 22.1. The van der Waals surface area contributed by atoms with E-state index < -0.39 is 33.9 Å². The Labute approximate surface area is 125 Å². The number of carboxylic acids is 1. The lowest BCUT2D eigenvalue weighted by atomic mass is 10.00. The van der Waals surface area contributed by atoms with E-state index in [0.717, 1.165) is 4.31 Å². The number of carbonyl (C=O) groups is 1. The molecule has 2 fully saturated rings. The van der Waals surface area contributed by atoms with Crippen LogP contribution in [0.1, 0.15) is 6.42 Å². The summed E-state index contributed by atoms with van der Waals surface area (Å²) in [7, 11) is -3.80. The molecule has 2 aliphatic rings. The fraction of sp³-hybridized carbons (Fsp3) is 0.462. The monoisotopic (exact) mass is 333 g/mol. The van der Waals surface area contributed by atoms with Crippen LogP contribution in [-0.2, 0) is 14.8 Å². The molecule has 6 nitrogen and oxygen atoms in total. The average Bonchev–Trinajstić information content (AvgIpc) is 2.98. The van der Waals surface area contributed by atoms with Gasteiger partial charge >= 0.3 is 5.97 Å². The van der Waals surface area contributed by atoms with Crippen molar-refractivity contribution in [1.29, 1.82) is 0 Å². The molecule has 120 valence electrons. The van der Waals surface area contributed by atoms with Gasteiger partial charge in [0, 0.05) is 19.5 Å². The maximum atomic E-state index is 13.1. The molecule has 9 heteroatoms. The summed E-state index contributed by atoms with van der Waals surface area (Å²) in [6.07, 6.45) is -0.256. The molecule has 0 atom stereocenters. The first-order valence-corrected chi connectivity index (χ1v) is 7.93. The van der Waals surface area contributed by atoms with E-state index in [1.54, 1.807) is 0 Å². The fourth-order valence-corrected chi connectivity index (χ4v) is 4.14. The zero-order valence-electron chi connectivity index (χ0n) is 11.3. The smallest absolute Gasteiger partial charge is 0.341 e. The highest BCUT2D eigenvalue weighted by molar-refractivity contribution is 7.89. The van der Waals surface area contributed by atoms with Crippen molar-refractivity contribution < 1.29 is 31.8 Å². The van der Waals surface area contributed by atoms with Crippen molar-refractivity contribution in [3.05, 3.63) is 24.3 Å². The molecule has 1 aromatic carbocycles. The molecule has 0 radical (unpaired) electrons. The van der Waals surface area contributed by atoms with Gasteiger partial charge in [0.2, 0.25) is 10.0 Å². The molecule has 22 heavy (non-hydrogen) atoms. The molecule has 0 amide bonds. The summed E-state index contributed by atoms with van der Waals surface area (Å²) in [5, 5.41) is 8.48. The highest BCUT2D eigenvalue weighted by Gasteiger charge is 2.77. The van der Waals surface area contributed by atoms with Gasteiger partial charge < -0.3 is 9.84 Å². The molecule has 1 saturated heterocycles. The Hall–Kier alpha value is -1.74. The summed E-state index contributed by atoms with van der Waals surface area (Å²) in [5.41, 5.74) is -1.16. The largest absolute Gasteiger partial charge is 0.482 e. The van der Waals surface area contributed by atoms with Crippen LogP contribution in [0.15, 0.2) is 29.2 Å². The summed E-state index contributed by atoms with van der Waals surface area (Å²) in [6, 6.07) is 5.19. The molecule has 1 spiro atoms. The molecule has 0 bridgehead atoms. The van der Waals surface area contributed by atoms with Crippen molar-refractivity contribution >= 4 is 16.0 Å². The van der Waals surface area contributed by atoms with Gasteiger partial charge in [-0.05, 0) is 24.3 Å². The lowest BCUT2D eigenvalue weighted by Crippen LogP contribution is -2.53. The maximum Gasteiger partial charge on any atom is 0.341 e. The number of benzene rings is 1. The van der Waals surface area contributed by atoms with Crippen LogP contribution in [0.4, 0.5) is 8.78 Å². The van der Waals surface area contributed by atoms with Crippen molar-refractivity contribution in [3.8, 4) is 5.75 Å². The van der Waals surface area contributed by atoms with Gasteiger partial charge in [-0.3, -0.25) is 0 Å². The highest BCUT2D eigenvalue weighted by Crippen LogP contribution is 2.65. The van der Waals surface area contributed by atoms with Gasteiger partial charge in [0.25, 0.3) is 5.92 Å². The second-order valence-electron chi connectivity index (χ2n) is 5.59. The Balaban J connectivity index is 1.67. The van der Waals surface area contributed by atoms with Gasteiger partial charge in [0.15, 0.2) is 6.61 Å². The summed E-state index contributed by atoms with van der Waals surface area (Å²) in [5.74, 6) is -3.68. The number of halogens is 2. The molecule has 1 N–H and O–H groups in total. The van der Waals surface area contributed by atoms with Crippen molar-refractivity contribution in [2.45, 2.75) is 17.2 Å². The predicted octanol–water partition coefficient (Wildman–Crippen LogP) is 1.18. The first kappa shape index (κ1) is 15.2. The minimum absolute atomic E-state index is 0.0333. The summed E-state index contributed by atoms with van der Waals surface area (Å²) < 4.78 is 56.7. The van der Waals surface area contributed by atoms with Gasteiger partial charge in [0.1, 0.15) is 5.75 Å². The SMILES string of the molecule is O=C(O)COc1ccc(S(=O)(=O)N2CC3(C2)CC3(F)F)cc1. The van der Waals surface area contributed by atoms with Crippen molar-refractivity contribution in [1.82, 2.24) is 4.31 Å². The minimum Gasteiger partial charge on any atom is -0.482 e. The van der Waals surface area contributed by atoms with E-state index in [0.29, 0.717) is 0 Å². The lowest BCUT2D eigenvalue weighted by Gasteiger charge is -2.38. The van der Waals surface area contributed by atoms with Gasteiger partial charge in [-0.1, -0.05) is 0 Å². The number of carboxylic acid groups (broad SMARTS) is 1. The molecular weight excluding hydrogens is 320 g/mol. The number of rotatable bonds is 5. The second-order valence-corrected chi connectivity index (χ2v) is 7.53. The van der Waals surface area contributed by atoms with E-state index in [2.05, 4.69) is 0 Å². The fourth-order valence-electron chi connectivity index (χ4n) is 2.52. The Morgan fingerprint density at radius 1 is 1.27 bits per heavy atom. The third-order valence-electron chi connectivity index (χ3n) is 3.99. The molecular formula is C13H13F2NO5S. The minimum atomic E-state index is -3.80. The van der Waals surface area contributed by atoms with E-state index in [1.807, 2.05) is 0 Å². The van der Waals surface area contributed by atoms with Gasteiger partial charge in [-0.15, -0.1) is 0 Å². The van der Waals surface area contributed by atoms with Crippen LogP contribution in [0.25, 0.3) is 0 Å². The molecule has 1 aliphatic carbocycles. The molecule has 1 aliphatic heterocycles. The molecule has 0 unspecified atom stereocenters. The first-order valence-electron chi connectivity index (χ1n) is 6.49. The first-order chi connectivity index (χ1) is 10.2. The van der Waals surface area contributed by atoms with Crippen LogP contribution in [0, 0.1) is 5.41 Å². The quantitative estimate of drug-likeness (QED) is 0.875. The molecule has 1 heterocycles. The van der Waals surface area contributed by atoms with Gasteiger partial charge in [-0.25, -0.2) is 22.0 Å². The Morgan fingerprint density at radius 2 is 1.82 bits per heavy atom. The number of aliphatic carboxylic acids is 1. The number of hydrogen-bond donors (Lipinski definition) is 1. The standard InChI is InChI=1S/C13H13F2NO5S/c14-13(15)6-12(13)7-16(8-12)22(19,20)10-3-1-9(2-4-10)21-5-11(17)18/h1-4H,5-8H2,(H,17,18). The Kier molecular flexibility index (Phi) is 3.19. The molecule has 1 saturated carbocycles. The summed E-state index contributed by atoms with van der Waals surface area (Å²) >= 11 is 0. The number of ether oxygens (including phenoxy) is 1. The second kappa shape index (κ2) is 4.63. The van der Waals surface area contributed by atoms with Crippen LogP contribution < -0.4 is 4.74 Å². The van der Waals surface area contributed by atoms with E-state index >= 15 is 0 Å². The topological polar surface area (TPSA) is 83.9 Å². The van der Waals surface area contributed by atoms with Crippen molar-refractivity contribution in [2.75, 3.05) is 19.7 Å². The van der Waals surface area contributed by atoms with Gasteiger partial charge in [-0.2, -0.15) is 4.31 Å². The van der Waals surface area contributed by atoms with E-state index in [9.17, 15) is 22.0 Å². The third kappa shape index (κ3) is 2.34. The van der Waals surface area contributed by atoms with E-state index in [4.69, 9.17) is 9.84 Å². The Morgan fingerprint density at radius 3 is 2.27 bits per heavy atom. The third-order valence-corrected chi connectivity index (χ3v) is 5.80. The van der Waals surface area contributed by atoms with Crippen molar-refractivity contribution in [2.24, 2.45) is 5.41 Å². The maximum absolute atomic E-state index is 13.1. The summed E-state index contributed by atoms with van der Waals surface area (Å²) in [4.78, 5) is 10.3. The zero-order valence-corrected chi connectivity index (χ0v) is 12.1. The van der Waals surface area contributed by atoms with E-state index in [-0.39, 0.29) is 30.2 Å². The van der Waals surface area contributed by atoms with E-state index in [1.165, 1.54) is 24.3 Å². The zero-order chi connectivity index (χ0) is 16.2. The molecule has 0 aromatic heterocycles. The molecule has 1 aromatic rings. The van der Waals surface area contributed by atoms with Gasteiger partial charge in [0.05, 0.1) is 10.3 Å². The highest BCUT2D eigenvalue weighted by atomic mass is 32.2. The average molecular weight is 333 g/mol. The van der Waals surface area contributed by atoms with Crippen LogP contribution in [0.2, 0.25) is 0 Å². The van der Waals surface area contributed by atoms with Crippen LogP contribution >= 0.6 is 0 Å². The lowest BCUT2D eigenvalue weighted by molar-refractivity contribution is -0.139. The number of alkyl halides is 2. The van der Waals surface area contributed by atoms with Crippen LogP contribution in [0.3, 0.4) is 0 Å². The van der Waals surface area contributed by atoms with Crippen LogP contribution in [0.5, 0.6) is 5.75 Å². The number of nitrogens with zero attached hydrogens (tertiary/aromatic N) is 1. The Bertz CT molecular complexity index is 710. The van der Waals surface area contributed by atoms with Crippen LogP contribution in [-0.4, -0.2) is 49.4 Å². The number of sulfonamides is 1. The molecule has 3 rings (SSSR count).